The van der Waals surface area contributed by atoms with E-state index in [9.17, 15) is 4.79 Å². The number of hydrogen-bond donors (Lipinski definition) is 3. The van der Waals surface area contributed by atoms with Gasteiger partial charge in [-0.1, -0.05) is 32.9 Å². The minimum absolute atomic E-state index is 0.0612. The van der Waals surface area contributed by atoms with Crippen LogP contribution >= 0.6 is 0 Å². The number of amides is 1. The summed E-state index contributed by atoms with van der Waals surface area (Å²) < 4.78 is 5.55. The number of carbonyl (C=O) groups is 1. The predicted molar refractivity (Wildman–Crippen MR) is 104 cm³/mol. The van der Waals surface area contributed by atoms with Gasteiger partial charge in [-0.25, -0.2) is 0 Å². The van der Waals surface area contributed by atoms with Gasteiger partial charge in [0.1, 0.15) is 0 Å². The molecule has 0 fully saturated rings. The molecule has 25 heavy (non-hydrogen) atoms. The number of nitrogens with one attached hydrogen (secondary N) is 3. The van der Waals surface area contributed by atoms with Gasteiger partial charge in [0.05, 0.1) is 6.10 Å². The first-order valence-corrected chi connectivity index (χ1v) is 8.60. The van der Waals surface area contributed by atoms with Gasteiger partial charge >= 0.3 is 0 Å². The molecule has 6 nitrogen and oxygen atoms in total. The molecule has 0 heterocycles. The van der Waals surface area contributed by atoms with E-state index < -0.39 is 0 Å². The van der Waals surface area contributed by atoms with Gasteiger partial charge in [-0.3, -0.25) is 9.79 Å². The molecule has 0 saturated heterocycles. The number of aliphatic imine (C=N–C) groups is 1. The van der Waals surface area contributed by atoms with Crippen molar-refractivity contribution in [2.75, 3.05) is 32.6 Å². The van der Waals surface area contributed by atoms with Crippen molar-refractivity contribution >= 4 is 17.6 Å². The Balaban J connectivity index is 2.41. The Hall–Kier alpha value is -2.08. The van der Waals surface area contributed by atoms with Crippen LogP contribution in [-0.2, 0) is 16.0 Å². The lowest BCUT2D eigenvalue weighted by Crippen LogP contribution is -2.45. The summed E-state index contributed by atoms with van der Waals surface area (Å²) in [4.78, 5) is 15.3. The summed E-state index contributed by atoms with van der Waals surface area (Å²) in [5.41, 5.74) is 2.08. The summed E-state index contributed by atoms with van der Waals surface area (Å²) >= 11 is 0. The topological polar surface area (TPSA) is 74.8 Å². The lowest BCUT2D eigenvalue weighted by atomic mass is 9.89. The molecule has 1 atom stereocenters. The van der Waals surface area contributed by atoms with E-state index in [1.54, 1.807) is 14.2 Å². The number of rotatable bonds is 7. The van der Waals surface area contributed by atoms with Crippen LogP contribution in [0, 0.1) is 5.41 Å². The van der Waals surface area contributed by atoms with Crippen LogP contribution in [0.4, 0.5) is 5.69 Å². The Morgan fingerprint density at radius 2 is 1.84 bits per heavy atom. The van der Waals surface area contributed by atoms with Gasteiger partial charge in [0.15, 0.2) is 5.96 Å². The van der Waals surface area contributed by atoms with Crippen molar-refractivity contribution in [2.24, 2.45) is 10.4 Å². The van der Waals surface area contributed by atoms with Gasteiger partial charge in [0.2, 0.25) is 5.91 Å². The van der Waals surface area contributed by atoms with Gasteiger partial charge in [-0.15, -0.1) is 0 Å². The van der Waals surface area contributed by atoms with E-state index in [-0.39, 0.29) is 17.4 Å². The van der Waals surface area contributed by atoms with Crippen molar-refractivity contribution in [1.82, 2.24) is 10.6 Å². The average Bonchev–Trinajstić information content (AvgIpc) is 2.53. The Morgan fingerprint density at radius 1 is 1.20 bits per heavy atom. The van der Waals surface area contributed by atoms with Gasteiger partial charge < -0.3 is 20.7 Å². The van der Waals surface area contributed by atoms with E-state index in [1.165, 1.54) is 12.5 Å². The molecule has 0 aliphatic heterocycles. The number of methoxy groups -OCH3 is 1. The fraction of sp³-hybridized carbons (Fsp3) is 0.579. The summed E-state index contributed by atoms with van der Waals surface area (Å²) in [6.45, 7) is 9.44. The first kappa shape index (κ1) is 21.0. The molecule has 1 aromatic rings. The monoisotopic (exact) mass is 348 g/mol. The number of nitrogens with zero attached hydrogens (tertiary/aromatic N) is 1. The smallest absolute Gasteiger partial charge is 0.221 e. The summed E-state index contributed by atoms with van der Waals surface area (Å²) in [6, 6.07) is 7.86. The molecule has 1 aromatic carbocycles. The molecule has 0 radical (unpaired) electrons. The Morgan fingerprint density at radius 3 is 2.32 bits per heavy atom. The molecule has 6 heteroatoms. The first-order valence-electron chi connectivity index (χ1n) is 8.60. The first-order chi connectivity index (χ1) is 11.8. The molecule has 0 bridgehead atoms. The number of benzene rings is 1. The van der Waals surface area contributed by atoms with Crippen LogP contribution in [0.15, 0.2) is 29.3 Å². The van der Waals surface area contributed by atoms with Crippen molar-refractivity contribution in [3.63, 3.8) is 0 Å². The Labute approximate surface area is 151 Å². The summed E-state index contributed by atoms with van der Waals surface area (Å²) in [7, 11) is 3.49. The predicted octanol–water partition coefficient (Wildman–Crippen LogP) is 2.41. The van der Waals surface area contributed by atoms with E-state index in [2.05, 4.69) is 41.7 Å². The molecular formula is C19H32N4O2. The Bertz CT molecular complexity index is 562. The van der Waals surface area contributed by atoms with Crippen LogP contribution in [0.5, 0.6) is 0 Å². The Kier molecular flexibility index (Phi) is 8.41. The minimum atomic E-state index is -0.0612. The second-order valence-electron chi connectivity index (χ2n) is 7.10. The zero-order chi connectivity index (χ0) is 18.9. The fourth-order valence-electron chi connectivity index (χ4n) is 2.44. The second kappa shape index (κ2) is 10.0. The van der Waals surface area contributed by atoms with Crippen molar-refractivity contribution in [2.45, 2.75) is 40.2 Å². The van der Waals surface area contributed by atoms with Crippen molar-refractivity contribution in [3.05, 3.63) is 29.8 Å². The maximum absolute atomic E-state index is 11.0. The highest BCUT2D eigenvalue weighted by Crippen LogP contribution is 2.20. The molecule has 0 aliphatic carbocycles. The third-order valence-electron chi connectivity index (χ3n) is 3.91. The molecule has 0 spiro atoms. The van der Waals surface area contributed by atoms with Crippen LogP contribution in [0.2, 0.25) is 0 Å². The quantitative estimate of drug-likeness (QED) is 0.522. The van der Waals surface area contributed by atoms with E-state index in [0.717, 1.165) is 24.6 Å². The van der Waals surface area contributed by atoms with Gasteiger partial charge in [0.25, 0.3) is 0 Å². The lowest BCUT2D eigenvalue weighted by Gasteiger charge is -2.30. The molecule has 0 aliphatic rings. The average molecular weight is 348 g/mol. The van der Waals surface area contributed by atoms with Gasteiger partial charge in [-0.2, -0.15) is 0 Å². The molecule has 1 unspecified atom stereocenters. The SMILES string of the molecule is CN=C(NCCc1ccc(NC(C)=O)cc1)NCC(OC)C(C)(C)C. The van der Waals surface area contributed by atoms with E-state index >= 15 is 0 Å². The lowest BCUT2D eigenvalue weighted by molar-refractivity contribution is -0.114. The van der Waals surface area contributed by atoms with Crippen molar-refractivity contribution in [3.8, 4) is 0 Å². The van der Waals surface area contributed by atoms with E-state index in [4.69, 9.17) is 4.74 Å². The molecule has 1 rings (SSSR count). The molecule has 140 valence electrons. The molecular weight excluding hydrogens is 316 g/mol. The number of hydrogen-bond acceptors (Lipinski definition) is 3. The highest BCUT2D eigenvalue weighted by atomic mass is 16.5. The van der Waals surface area contributed by atoms with Crippen LogP contribution < -0.4 is 16.0 Å². The maximum Gasteiger partial charge on any atom is 0.221 e. The van der Waals surface area contributed by atoms with E-state index in [1.807, 2.05) is 24.3 Å². The van der Waals surface area contributed by atoms with Crippen molar-refractivity contribution < 1.29 is 9.53 Å². The normalized spacial score (nSPS) is 13.3. The molecule has 3 N–H and O–H groups in total. The van der Waals surface area contributed by atoms with Crippen LogP contribution in [-0.4, -0.2) is 45.2 Å². The molecule has 0 aromatic heterocycles. The standard InChI is InChI=1S/C19H32N4O2/c1-14(24)23-16-9-7-15(8-10-16)11-12-21-18(20-5)22-13-17(25-6)19(2,3)4/h7-10,17H,11-13H2,1-6H3,(H,23,24)(H2,20,21,22). The third-order valence-corrected chi connectivity index (χ3v) is 3.91. The highest BCUT2D eigenvalue weighted by Gasteiger charge is 2.24. The zero-order valence-electron chi connectivity index (χ0n) is 16.3. The molecule has 0 saturated carbocycles. The van der Waals surface area contributed by atoms with Gasteiger partial charge in [0, 0.05) is 39.9 Å². The van der Waals surface area contributed by atoms with Crippen LogP contribution in [0.25, 0.3) is 0 Å². The van der Waals surface area contributed by atoms with Crippen molar-refractivity contribution in [1.29, 1.82) is 0 Å². The van der Waals surface area contributed by atoms with E-state index in [0.29, 0.717) is 6.54 Å². The number of anilines is 1. The zero-order valence-corrected chi connectivity index (χ0v) is 16.3. The summed E-state index contributed by atoms with van der Waals surface area (Å²) in [5, 5.41) is 9.38. The van der Waals surface area contributed by atoms with Crippen LogP contribution in [0.3, 0.4) is 0 Å². The minimum Gasteiger partial charge on any atom is -0.379 e. The van der Waals surface area contributed by atoms with Gasteiger partial charge in [-0.05, 0) is 29.5 Å². The highest BCUT2D eigenvalue weighted by molar-refractivity contribution is 5.88. The largest absolute Gasteiger partial charge is 0.379 e. The maximum atomic E-state index is 11.0. The number of ether oxygens (including phenoxy) is 1. The third kappa shape index (κ3) is 8.03. The number of carbonyl (C=O) groups excluding carboxylic acids is 1. The second-order valence-corrected chi connectivity index (χ2v) is 7.10. The summed E-state index contributed by atoms with van der Waals surface area (Å²) in [6.07, 6.45) is 0.973. The molecule has 1 amide bonds. The van der Waals surface area contributed by atoms with Crippen LogP contribution in [0.1, 0.15) is 33.3 Å². The number of guanidine groups is 1. The summed E-state index contributed by atoms with van der Waals surface area (Å²) in [5.74, 6) is 0.704. The fourth-order valence-corrected chi connectivity index (χ4v) is 2.44.